The first-order valence-electron chi connectivity index (χ1n) is 16.1. The van der Waals surface area contributed by atoms with Crippen LogP contribution in [0.5, 0.6) is 0 Å². The predicted molar refractivity (Wildman–Crippen MR) is 166 cm³/mol. The number of methoxy groups -OCH3 is 1. The molecule has 0 unspecified atom stereocenters. The molecule has 0 aromatic heterocycles. The van der Waals surface area contributed by atoms with Crippen LogP contribution in [0.1, 0.15) is 27.2 Å². The Morgan fingerprint density at radius 3 is 0.778 bits per heavy atom. The van der Waals surface area contributed by atoms with Crippen molar-refractivity contribution in [2.75, 3.05) is 166 Å². The Morgan fingerprint density at radius 2 is 0.578 bits per heavy atom. The molecular formula is C31H62O14. The monoisotopic (exact) mass is 658 g/mol. The van der Waals surface area contributed by atoms with Crippen molar-refractivity contribution < 1.29 is 66.4 Å². The van der Waals surface area contributed by atoms with Gasteiger partial charge in [-0.3, -0.25) is 4.79 Å². The van der Waals surface area contributed by atoms with Crippen molar-refractivity contribution in [3.05, 3.63) is 0 Å². The molecule has 0 N–H and O–H groups in total. The van der Waals surface area contributed by atoms with Crippen molar-refractivity contribution in [3.63, 3.8) is 0 Å². The largest absolute Gasteiger partial charge is 0.463 e. The Labute approximate surface area is 270 Å². The summed E-state index contributed by atoms with van der Waals surface area (Å²) in [5.74, 6) is -0.200. The molecule has 0 atom stereocenters. The average molecular weight is 659 g/mol. The summed E-state index contributed by atoms with van der Waals surface area (Å²) in [4.78, 5) is 11.8. The molecule has 270 valence electrons. The lowest BCUT2D eigenvalue weighted by molar-refractivity contribution is -0.155. The Hall–Kier alpha value is -1.01. The van der Waals surface area contributed by atoms with Crippen LogP contribution < -0.4 is 0 Å². The number of carbonyl (C=O) groups is 1. The second-order valence-corrected chi connectivity index (χ2v) is 10.1. The van der Waals surface area contributed by atoms with Crippen molar-refractivity contribution in [3.8, 4) is 0 Å². The minimum atomic E-state index is -0.456. The first kappa shape index (κ1) is 44.0. The standard InChI is InChI=1S/C31H62O14/c1-5-31(2,3)30(32)45-29-28-44-27-26-43-25-24-42-23-22-41-21-20-40-19-18-39-17-16-38-15-14-37-13-12-36-11-10-35-9-8-34-7-6-33-4/h5-29H2,1-4H3. The van der Waals surface area contributed by atoms with Crippen LogP contribution in [0.4, 0.5) is 0 Å². The van der Waals surface area contributed by atoms with Crippen molar-refractivity contribution in [2.24, 2.45) is 5.41 Å². The summed E-state index contributed by atoms with van der Waals surface area (Å²) in [5, 5.41) is 0. The van der Waals surface area contributed by atoms with Gasteiger partial charge in [0.15, 0.2) is 0 Å². The minimum Gasteiger partial charge on any atom is -0.463 e. The predicted octanol–water partition coefficient (Wildman–Crippen LogP) is 1.79. The lowest BCUT2D eigenvalue weighted by Gasteiger charge is -2.20. The van der Waals surface area contributed by atoms with Gasteiger partial charge in [0.25, 0.3) is 0 Å². The van der Waals surface area contributed by atoms with Crippen LogP contribution in [-0.2, 0) is 66.4 Å². The number of carbonyl (C=O) groups excluding carboxylic acids is 1. The fourth-order valence-electron chi connectivity index (χ4n) is 2.98. The fraction of sp³-hybridized carbons (Fsp3) is 0.968. The first-order valence-corrected chi connectivity index (χ1v) is 16.1. The molecule has 0 radical (unpaired) electrons. The molecule has 0 spiro atoms. The van der Waals surface area contributed by atoms with E-state index in [0.29, 0.717) is 152 Å². The Balaban J connectivity index is 3.10. The van der Waals surface area contributed by atoms with Crippen LogP contribution in [0.3, 0.4) is 0 Å². The smallest absolute Gasteiger partial charge is 0.311 e. The molecule has 0 aromatic rings. The quantitative estimate of drug-likeness (QED) is 0.0704. The molecule has 0 saturated carbocycles. The van der Waals surface area contributed by atoms with Gasteiger partial charge in [-0.2, -0.15) is 0 Å². The van der Waals surface area contributed by atoms with Crippen LogP contribution >= 0.6 is 0 Å². The van der Waals surface area contributed by atoms with E-state index in [2.05, 4.69) is 0 Å². The molecule has 0 saturated heterocycles. The highest BCUT2D eigenvalue weighted by Gasteiger charge is 2.26. The van der Waals surface area contributed by atoms with Crippen LogP contribution in [0.25, 0.3) is 0 Å². The number of hydrogen-bond acceptors (Lipinski definition) is 14. The summed E-state index contributed by atoms with van der Waals surface area (Å²) in [5.41, 5.74) is -0.456. The Morgan fingerprint density at radius 1 is 0.378 bits per heavy atom. The molecule has 14 nitrogen and oxygen atoms in total. The van der Waals surface area contributed by atoms with E-state index in [1.54, 1.807) is 7.11 Å². The highest BCUT2D eigenvalue weighted by molar-refractivity contribution is 5.75. The third kappa shape index (κ3) is 34.2. The zero-order valence-corrected chi connectivity index (χ0v) is 28.4. The molecular weight excluding hydrogens is 596 g/mol. The fourth-order valence-corrected chi connectivity index (χ4v) is 2.98. The van der Waals surface area contributed by atoms with E-state index in [0.717, 1.165) is 6.42 Å². The van der Waals surface area contributed by atoms with Gasteiger partial charge in [-0.05, 0) is 20.3 Å². The topological polar surface area (TPSA) is 137 Å². The molecule has 0 amide bonds. The minimum absolute atomic E-state index is 0.200. The zero-order valence-electron chi connectivity index (χ0n) is 28.4. The maximum Gasteiger partial charge on any atom is 0.311 e. The van der Waals surface area contributed by atoms with Gasteiger partial charge in [-0.1, -0.05) is 6.92 Å². The van der Waals surface area contributed by atoms with Gasteiger partial charge in [-0.25, -0.2) is 0 Å². The lowest BCUT2D eigenvalue weighted by atomic mass is 9.91. The Bertz CT molecular complexity index is 597. The first-order chi connectivity index (χ1) is 22.0. The molecule has 0 aliphatic carbocycles. The summed E-state index contributed by atoms with van der Waals surface area (Å²) in [7, 11) is 1.64. The van der Waals surface area contributed by atoms with Crippen molar-refractivity contribution in [1.29, 1.82) is 0 Å². The van der Waals surface area contributed by atoms with Crippen LogP contribution in [0.15, 0.2) is 0 Å². The highest BCUT2D eigenvalue weighted by atomic mass is 16.6. The van der Waals surface area contributed by atoms with E-state index >= 15 is 0 Å². The maximum atomic E-state index is 11.8. The molecule has 0 aliphatic rings. The third-order valence-corrected chi connectivity index (χ3v) is 6.05. The normalized spacial score (nSPS) is 11.8. The zero-order chi connectivity index (χ0) is 32.9. The van der Waals surface area contributed by atoms with Gasteiger partial charge in [-0.15, -0.1) is 0 Å². The summed E-state index contributed by atoms with van der Waals surface area (Å²) < 4.78 is 69.8. The Kier molecular flexibility index (Phi) is 35.0. The highest BCUT2D eigenvalue weighted by Crippen LogP contribution is 2.21. The van der Waals surface area contributed by atoms with Gasteiger partial charge in [0.1, 0.15) is 6.61 Å². The molecule has 14 heteroatoms. The summed E-state index contributed by atoms with van der Waals surface area (Å²) in [6, 6.07) is 0. The summed E-state index contributed by atoms with van der Waals surface area (Å²) in [6.45, 7) is 17.5. The van der Waals surface area contributed by atoms with Crippen molar-refractivity contribution in [2.45, 2.75) is 27.2 Å². The second kappa shape index (κ2) is 35.8. The van der Waals surface area contributed by atoms with Crippen LogP contribution in [-0.4, -0.2) is 172 Å². The molecule has 0 rings (SSSR count). The van der Waals surface area contributed by atoms with E-state index < -0.39 is 5.41 Å². The van der Waals surface area contributed by atoms with E-state index in [1.807, 2.05) is 20.8 Å². The number of ether oxygens (including phenoxy) is 13. The third-order valence-electron chi connectivity index (χ3n) is 6.05. The lowest BCUT2D eigenvalue weighted by Crippen LogP contribution is -2.27. The van der Waals surface area contributed by atoms with E-state index in [4.69, 9.17) is 61.6 Å². The van der Waals surface area contributed by atoms with Gasteiger partial charge in [0.2, 0.25) is 0 Å². The average Bonchev–Trinajstić information content (AvgIpc) is 3.04. The number of rotatable bonds is 38. The summed E-state index contributed by atoms with van der Waals surface area (Å²) >= 11 is 0. The summed E-state index contributed by atoms with van der Waals surface area (Å²) in [6.07, 6.45) is 0.736. The van der Waals surface area contributed by atoms with E-state index in [1.165, 1.54) is 0 Å². The van der Waals surface area contributed by atoms with Crippen molar-refractivity contribution in [1.82, 2.24) is 0 Å². The second-order valence-electron chi connectivity index (χ2n) is 10.1. The van der Waals surface area contributed by atoms with Crippen LogP contribution in [0, 0.1) is 5.41 Å². The molecule has 0 bridgehead atoms. The molecule has 0 aliphatic heterocycles. The van der Waals surface area contributed by atoms with E-state index in [-0.39, 0.29) is 12.6 Å². The van der Waals surface area contributed by atoms with Crippen molar-refractivity contribution >= 4 is 5.97 Å². The van der Waals surface area contributed by atoms with Gasteiger partial charge < -0.3 is 61.6 Å². The molecule has 0 aromatic carbocycles. The van der Waals surface area contributed by atoms with Crippen LogP contribution in [0.2, 0.25) is 0 Å². The van der Waals surface area contributed by atoms with Gasteiger partial charge in [0.05, 0.1) is 157 Å². The molecule has 45 heavy (non-hydrogen) atoms. The van der Waals surface area contributed by atoms with E-state index in [9.17, 15) is 4.79 Å². The molecule has 0 fully saturated rings. The number of esters is 1. The number of hydrogen-bond donors (Lipinski definition) is 0. The van der Waals surface area contributed by atoms with Gasteiger partial charge >= 0.3 is 5.97 Å². The molecule has 0 heterocycles. The SMILES string of the molecule is CCC(C)(C)C(=O)OCCOCCOCCOCCOCCOCCOCCOCCOCCOCCOCCOCCOC. The van der Waals surface area contributed by atoms with Gasteiger partial charge in [0, 0.05) is 7.11 Å². The maximum absolute atomic E-state index is 11.8.